The summed E-state index contributed by atoms with van der Waals surface area (Å²) >= 11 is 0. The molecule has 0 aliphatic heterocycles. The summed E-state index contributed by atoms with van der Waals surface area (Å²) in [5.41, 5.74) is 14.1. The molecule has 0 saturated carbocycles. The van der Waals surface area contributed by atoms with E-state index in [4.69, 9.17) is 0 Å². The van der Waals surface area contributed by atoms with E-state index < -0.39 is 0 Å². The molecule has 0 aromatic heterocycles. The summed E-state index contributed by atoms with van der Waals surface area (Å²) in [6.45, 7) is 14.1. The van der Waals surface area contributed by atoms with Gasteiger partial charge in [0.2, 0.25) is 0 Å². The van der Waals surface area contributed by atoms with Gasteiger partial charge in [-0.25, -0.2) is 0 Å². The van der Waals surface area contributed by atoms with E-state index in [1.165, 1.54) is 57.4 Å². The molecule has 4 aromatic rings. The fraction of sp³-hybridized carbons (Fsp3) is 0.222. The maximum absolute atomic E-state index is 12.0. The largest absolute Gasteiger partial charge is 0.289 e. The van der Waals surface area contributed by atoms with Gasteiger partial charge in [-0.1, -0.05) is 167 Å². The lowest BCUT2D eigenvalue weighted by Crippen LogP contribution is -2.04. The second-order valence-electron chi connectivity index (χ2n) is 10.7. The van der Waals surface area contributed by atoms with Crippen LogP contribution in [0.1, 0.15) is 93.1 Å². The number of benzene rings is 4. The van der Waals surface area contributed by atoms with Crippen molar-refractivity contribution in [3.05, 3.63) is 178 Å². The molecule has 0 amide bonds. The maximum Gasteiger partial charge on any atom is 0.189 e. The number of aryl methyl sites for hydroxylation is 1. The Labute approximate surface area is 278 Å². The molecular formula is C45H50O. The summed E-state index contributed by atoms with van der Waals surface area (Å²) in [6, 6.07) is 33.7. The number of Topliss-reactive ketones (excluding diaryl/α,β-unsaturated/α-hetero) is 1. The predicted molar refractivity (Wildman–Crippen MR) is 202 cm³/mol. The lowest BCUT2D eigenvalue weighted by Gasteiger charge is -2.21. The minimum absolute atomic E-state index is 0.0989. The predicted octanol–water partition coefficient (Wildman–Crippen LogP) is 12.7. The average Bonchev–Trinajstić information content (AvgIpc) is 3.54. The smallest absolute Gasteiger partial charge is 0.189 e. The number of carbonyl (C=O) groups excluding carboxylic acids is 1. The molecule has 46 heavy (non-hydrogen) atoms. The van der Waals surface area contributed by atoms with E-state index in [2.05, 4.69) is 98.8 Å². The van der Waals surface area contributed by atoms with Gasteiger partial charge >= 0.3 is 0 Å². The Morgan fingerprint density at radius 3 is 1.65 bits per heavy atom. The normalized spacial score (nSPS) is 17.6. The lowest BCUT2D eigenvalue weighted by atomic mass is 9.83. The van der Waals surface area contributed by atoms with Crippen LogP contribution < -0.4 is 0 Å². The molecule has 0 saturated heterocycles. The average molecular weight is 607 g/mol. The molecule has 1 nitrogen and oxygen atoms in total. The molecule has 0 spiro atoms. The molecule has 0 radical (unpaired) electrons. The molecule has 1 heteroatoms. The van der Waals surface area contributed by atoms with Crippen LogP contribution in [0, 0.1) is 0 Å². The first kappa shape index (κ1) is 35.7. The molecule has 3 aliphatic rings. The van der Waals surface area contributed by atoms with Crippen LogP contribution >= 0.6 is 0 Å². The van der Waals surface area contributed by atoms with Crippen molar-refractivity contribution in [2.45, 2.75) is 67.7 Å². The fourth-order valence-electron chi connectivity index (χ4n) is 5.86. The van der Waals surface area contributed by atoms with Crippen LogP contribution in [-0.2, 0) is 12.8 Å². The van der Waals surface area contributed by atoms with Gasteiger partial charge in [-0.05, 0) is 95.7 Å². The molecule has 7 rings (SSSR count). The summed E-state index contributed by atoms with van der Waals surface area (Å²) in [4.78, 5) is 12.0. The van der Waals surface area contributed by atoms with Crippen LogP contribution in [0.5, 0.6) is 0 Å². The van der Waals surface area contributed by atoms with Crippen LogP contribution in [0.3, 0.4) is 0 Å². The standard InChI is InChI=1S/C14H12O.C14H16.C13H10.2C2H6/c1-11-7-3-2-4-8-12-9-5-6-10-13(12)14(11)15;1-3-11-9-10-12-7-5-6-8-14(12)13(11)4-2;1-3-7-12-10(5-1)9-11-6-2-4-8-13(11)12;2*1-2/h2-10H,1H3;3-8H,9-10H2,1-2H3;1-8H,9H2;2*1-2H3/b3-2-,8-4+,11-7+;11-3-,13-4+;;;. The number of fused-ring (bicyclic) bond motifs is 5. The summed E-state index contributed by atoms with van der Waals surface area (Å²) in [5, 5.41) is 0. The number of ketones is 1. The van der Waals surface area contributed by atoms with Crippen molar-refractivity contribution in [1.29, 1.82) is 0 Å². The third kappa shape index (κ3) is 8.92. The molecular weight excluding hydrogens is 556 g/mol. The van der Waals surface area contributed by atoms with Crippen molar-refractivity contribution in [3.8, 4) is 11.1 Å². The Kier molecular flexibility index (Phi) is 14.7. The van der Waals surface area contributed by atoms with E-state index in [1.807, 2.05) is 89.3 Å². The molecule has 3 aliphatic carbocycles. The second-order valence-corrected chi connectivity index (χ2v) is 10.7. The fourth-order valence-corrected chi connectivity index (χ4v) is 5.86. The van der Waals surface area contributed by atoms with E-state index in [0.29, 0.717) is 0 Å². The zero-order chi connectivity index (χ0) is 33.3. The minimum Gasteiger partial charge on any atom is -0.289 e. The van der Waals surface area contributed by atoms with E-state index in [1.54, 1.807) is 0 Å². The van der Waals surface area contributed by atoms with Crippen LogP contribution in [0.4, 0.5) is 0 Å². The Hall–Kier alpha value is -4.75. The number of hydrogen-bond acceptors (Lipinski definition) is 1. The monoisotopic (exact) mass is 606 g/mol. The number of rotatable bonds is 0. The molecule has 0 N–H and O–H groups in total. The van der Waals surface area contributed by atoms with E-state index in [9.17, 15) is 4.79 Å². The molecule has 0 atom stereocenters. The Morgan fingerprint density at radius 2 is 1.07 bits per heavy atom. The van der Waals surface area contributed by atoms with Crippen molar-refractivity contribution in [3.63, 3.8) is 0 Å². The number of hydrogen-bond donors (Lipinski definition) is 0. The van der Waals surface area contributed by atoms with E-state index in [-0.39, 0.29) is 5.78 Å². The Bertz CT molecular complexity index is 1690. The van der Waals surface area contributed by atoms with Gasteiger partial charge in [0, 0.05) is 5.56 Å². The number of carbonyl (C=O) groups is 1. The summed E-state index contributed by atoms with van der Waals surface area (Å²) in [6.07, 6.45) is 17.5. The van der Waals surface area contributed by atoms with Crippen LogP contribution in [0.2, 0.25) is 0 Å². The summed E-state index contributed by atoms with van der Waals surface area (Å²) in [7, 11) is 0. The molecule has 236 valence electrons. The van der Waals surface area contributed by atoms with Crippen molar-refractivity contribution in [2.24, 2.45) is 0 Å². The molecule has 0 bridgehead atoms. The van der Waals surface area contributed by atoms with Crippen LogP contribution in [0.15, 0.2) is 145 Å². The van der Waals surface area contributed by atoms with E-state index in [0.717, 1.165) is 23.1 Å². The van der Waals surface area contributed by atoms with Crippen molar-refractivity contribution in [2.75, 3.05) is 0 Å². The van der Waals surface area contributed by atoms with Gasteiger partial charge in [-0.15, -0.1) is 0 Å². The highest BCUT2D eigenvalue weighted by Crippen LogP contribution is 2.36. The lowest BCUT2D eigenvalue weighted by molar-refractivity contribution is 0.103. The topological polar surface area (TPSA) is 17.1 Å². The van der Waals surface area contributed by atoms with Gasteiger partial charge in [0.15, 0.2) is 5.78 Å². The molecule has 0 heterocycles. The Balaban J connectivity index is 0.000000178. The van der Waals surface area contributed by atoms with Crippen molar-refractivity contribution < 1.29 is 4.79 Å². The van der Waals surface area contributed by atoms with Gasteiger partial charge in [-0.2, -0.15) is 0 Å². The highest BCUT2D eigenvalue weighted by atomic mass is 16.1. The first-order valence-corrected chi connectivity index (χ1v) is 16.8. The molecule has 0 fully saturated rings. The van der Waals surface area contributed by atoms with Crippen LogP contribution in [-0.4, -0.2) is 5.78 Å². The quantitative estimate of drug-likeness (QED) is 0.171. The minimum atomic E-state index is 0.0989. The highest BCUT2D eigenvalue weighted by molar-refractivity contribution is 6.10. The zero-order valence-corrected chi connectivity index (χ0v) is 28.8. The summed E-state index contributed by atoms with van der Waals surface area (Å²) in [5.74, 6) is 0.0989. The first-order valence-electron chi connectivity index (χ1n) is 16.8. The molecule has 0 unspecified atom stereocenters. The maximum atomic E-state index is 12.0. The summed E-state index contributed by atoms with van der Waals surface area (Å²) < 4.78 is 0. The third-order valence-corrected chi connectivity index (χ3v) is 8.07. The van der Waals surface area contributed by atoms with Crippen molar-refractivity contribution >= 4 is 17.4 Å². The van der Waals surface area contributed by atoms with Gasteiger partial charge in [0.1, 0.15) is 0 Å². The third-order valence-electron chi connectivity index (χ3n) is 8.07. The van der Waals surface area contributed by atoms with Crippen molar-refractivity contribution in [1.82, 2.24) is 0 Å². The first-order chi connectivity index (χ1) is 22.6. The molecule has 4 aromatic carbocycles. The van der Waals surface area contributed by atoms with Gasteiger partial charge in [-0.3, -0.25) is 4.79 Å². The SMILES string of the molecule is C/C=C1/CCc2ccccc2/C1=C/C.CC.CC.C\C1=C/C=C\C=C\c2ccccc2C1=O.c1ccc2c(c1)Cc1ccccc1-2. The zero-order valence-electron chi connectivity index (χ0n) is 28.8. The van der Waals surface area contributed by atoms with Crippen LogP contribution in [0.25, 0.3) is 22.8 Å². The number of allylic oxidation sites excluding steroid dienone is 9. The second kappa shape index (κ2) is 18.9. The highest BCUT2D eigenvalue weighted by Gasteiger charge is 2.17. The van der Waals surface area contributed by atoms with E-state index >= 15 is 0 Å². The van der Waals surface area contributed by atoms with Gasteiger partial charge in [0.25, 0.3) is 0 Å². The van der Waals surface area contributed by atoms with Gasteiger partial charge < -0.3 is 0 Å². The van der Waals surface area contributed by atoms with Gasteiger partial charge in [0.05, 0.1) is 0 Å². The Morgan fingerprint density at radius 1 is 0.543 bits per heavy atom.